The molecule has 6 nitrogen and oxygen atoms in total. The summed E-state index contributed by atoms with van der Waals surface area (Å²) in [5.74, 6) is 1.22. The summed E-state index contributed by atoms with van der Waals surface area (Å²) in [5, 5.41) is 27.7. The first-order valence-corrected chi connectivity index (χ1v) is 8.41. The number of thioether (sulfide) groups is 1. The van der Waals surface area contributed by atoms with Crippen molar-refractivity contribution in [2.75, 3.05) is 0 Å². The molecular formula is C16H17N5OS. The van der Waals surface area contributed by atoms with Crippen LogP contribution in [0.4, 0.5) is 0 Å². The van der Waals surface area contributed by atoms with E-state index in [0.717, 1.165) is 29.2 Å². The SMILES string of the molecule is CCCn1c(CO)nnc1SCc1cn2ccccc2c1C#N. The molecule has 0 saturated heterocycles. The number of hydrogen-bond acceptors (Lipinski definition) is 5. The van der Waals surface area contributed by atoms with Gasteiger partial charge in [-0.05, 0) is 24.1 Å². The Kier molecular flexibility index (Phi) is 4.65. The van der Waals surface area contributed by atoms with E-state index in [-0.39, 0.29) is 6.61 Å². The molecule has 0 amide bonds. The van der Waals surface area contributed by atoms with Crippen molar-refractivity contribution in [1.29, 1.82) is 5.26 Å². The second-order valence-corrected chi connectivity index (χ2v) is 6.07. The first-order chi connectivity index (χ1) is 11.3. The molecule has 1 N–H and O–H groups in total. The fourth-order valence-electron chi connectivity index (χ4n) is 2.55. The highest BCUT2D eigenvalue weighted by molar-refractivity contribution is 7.98. The Morgan fingerprint density at radius 3 is 2.96 bits per heavy atom. The largest absolute Gasteiger partial charge is 0.388 e. The molecule has 0 bridgehead atoms. The molecule has 7 heteroatoms. The van der Waals surface area contributed by atoms with Gasteiger partial charge in [0.05, 0.1) is 11.1 Å². The van der Waals surface area contributed by atoms with Gasteiger partial charge in [-0.1, -0.05) is 24.8 Å². The molecule has 23 heavy (non-hydrogen) atoms. The molecular weight excluding hydrogens is 310 g/mol. The lowest BCUT2D eigenvalue weighted by Gasteiger charge is -2.06. The van der Waals surface area contributed by atoms with Gasteiger partial charge in [0.15, 0.2) is 11.0 Å². The Hall–Kier alpha value is -2.30. The van der Waals surface area contributed by atoms with Gasteiger partial charge in [0.25, 0.3) is 0 Å². The Bertz CT molecular complexity index is 861. The van der Waals surface area contributed by atoms with E-state index in [1.807, 2.05) is 39.6 Å². The molecule has 3 aromatic heterocycles. The van der Waals surface area contributed by atoms with Crippen LogP contribution in [0.2, 0.25) is 0 Å². The smallest absolute Gasteiger partial charge is 0.191 e. The van der Waals surface area contributed by atoms with Gasteiger partial charge in [0, 0.05) is 24.7 Å². The zero-order chi connectivity index (χ0) is 16.2. The third-order valence-corrected chi connectivity index (χ3v) is 4.63. The number of fused-ring (bicyclic) bond motifs is 1. The number of rotatable bonds is 6. The molecule has 0 aliphatic rings. The van der Waals surface area contributed by atoms with Crippen molar-refractivity contribution in [2.24, 2.45) is 0 Å². The van der Waals surface area contributed by atoms with E-state index in [4.69, 9.17) is 0 Å². The first kappa shape index (κ1) is 15.6. The molecule has 0 atom stereocenters. The van der Waals surface area contributed by atoms with Gasteiger partial charge < -0.3 is 14.1 Å². The van der Waals surface area contributed by atoms with Gasteiger partial charge in [-0.25, -0.2) is 0 Å². The lowest BCUT2D eigenvalue weighted by Crippen LogP contribution is -2.04. The van der Waals surface area contributed by atoms with Crippen molar-refractivity contribution in [1.82, 2.24) is 19.2 Å². The van der Waals surface area contributed by atoms with Gasteiger partial charge in [0.2, 0.25) is 0 Å². The molecule has 0 saturated carbocycles. The van der Waals surface area contributed by atoms with Crippen LogP contribution in [0.3, 0.4) is 0 Å². The third kappa shape index (κ3) is 2.96. The van der Waals surface area contributed by atoms with Crippen molar-refractivity contribution in [3.8, 4) is 6.07 Å². The van der Waals surface area contributed by atoms with E-state index in [1.54, 1.807) is 0 Å². The molecule has 0 aromatic carbocycles. The van der Waals surface area contributed by atoms with Crippen LogP contribution in [0.15, 0.2) is 35.7 Å². The Balaban J connectivity index is 1.87. The van der Waals surface area contributed by atoms with E-state index < -0.39 is 0 Å². The maximum atomic E-state index is 9.44. The maximum Gasteiger partial charge on any atom is 0.191 e. The summed E-state index contributed by atoms with van der Waals surface area (Å²) in [6.45, 7) is 2.73. The van der Waals surface area contributed by atoms with Crippen LogP contribution in [-0.4, -0.2) is 24.3 Å². The van der Waals surface area contributed by atoms with Crippen molar-refractivity contribution in [3.63, 3.8) is 0 Å². The minimum Gasteiger partial charge on any atom is -0.388 e. The highest BCUT2D eigenvalue weighted by atomic mass is 32.2. The summed E-state index contributed by atoms with van der Waals surface area (Å²) in [6.07, 6.45) is 4.86. The zero-order valence-electron chi connectivity index (χ0n) is 12.8. The standard InChI is InChI=1S/C16H17N5OS/c1-2-6-21-15(10-22)18-19-16(21)23-11-12-9-20-7-4-3-5-14(20)13(12)8-17/h3-5,7,9,22H,2,6,10-11H2,1H3. The Labute approximate surface area is 138 Å². The predicted octanol–water partition coefficient (Wildman–Crippen LogP) is 2.60. The van der Waals surface area contributed by atoms with Crippen molar-refractivity contribution in [3.05, 3.63) is 47.5 Å². The van der Waals surface area contributed by atoms with E-state index >= 15 is 0 Å². The van der Waals surface area contributed by atoms with Crippen LogP contribution in [0.1, 0.15) is 30.3 Å². The maximum absolute atomic E-state index is 9.44. The molecule has 0 spiro atoms. The van der Waals surface area contributed by atoms with Crippen molar-refractivity contribution >= 4 is 17.3 Å². The number of aliphatic hydroxyl groups excluding tert-OH is 1. The van der Waals surface area contributed by atoms with Crippen LogP contribution in [0, 0.1) is 11.3 Å². The summed E-state index contributed by atoms with van der Waals surface area (Å²) in [6, 6.07) is 8.10. The van der Waals surface area contributed by atoms with Crippen molar-refractivity contribution in [2.45, 2.75) is 37.4 Å². The van der Waals surface area contributed by atoms with Gasteiger partial charge in [-0.2, -0.15) is 5.26 Å². The number of nitriles is 1. The molecule has 3 rings (SSSR count). The van der Waals surface area contributed by atoms with Gasteiger partial charge >= 0.3 is 0 Å². The summed E-state index contributed by atoms with van der Waals surface area (Å²) in [7, 11) is 0. The molecule has 0 aliphatic carbocycles. The van der Waals surface area contributed by atoms with Gasteiger partial charge in [0.1, 0.15) is 12.7 Å². The van der Waals surface area contributed by atoms with Crippen LogP contribution >= 0.6 is 11.8 Å². The average molecular weight is 327 g/mol. The minimum atomic E-state index is -0.118. The second-order valence-electron chi connectivity index (χ2n) is 5.13. The average Bonchev–Trinajstić information content (AvgIpc) is 3.13. The minimum absolute atomic E-state index is 0.118. The van der Waals surface area contributed by atoms with Crippen LogP contribution in [0.25, 0.3) is 5.52 Å². The molecule has 118 valence electrons. The molecule has 3 heterocycles. The fraction of sp³-hybridized carbons (Fsp3) is 0.312. The van der Waals surface area contributed by atoms with Gasteiger partial charge in [-0.15, -0.1) is 10.2 Å². The highest BCUT2D eigenvalue weighted by Gasteiger charge is 2.14. The number of hydrogen-bond donors (Lipinski definition) is 1. The third-order valence-electron chi connectivity index (χ3n) is 3.61. The molecule has 0 fully saturated rings. The fourth-order valence-corrected chi connectivity index (χ4v) is 3.50. The Morgan fingerprint density at radius 2 is 2.22 bits per heavy atom. The first-order valence-electron chi connectivity index (χ1n) is 7.42. The van der Waals surface area contributed by atoms with Crippen LogP contribution in [0.5, 0.6) is 0 Å². The van der Waals surface area contributed by atoms with Crippen molar-refractivity contribution < 1.29 is 5.11 Å². The number of nitrogens with zero attached hydrogens (tertiary/aromatic N) is 5. The normalized spacial score (nSPS) is 11.0. The van der Waals surface area contributed by atoms with E-state index in [1.165, 1.54) is 11.8 Å². The molecule has 0 radical (unpaired) electrons. The zero-order valence-corrected chi connectivity index (χ0v) is 13.6. The summed E-state index contributed by atoms with van der Waals surface area (Å²) >= 11 is 1.53. The Morgan fingerprint density at radius 1 is 1.35 bits per heavy atom. The molecule has 3 aromatic rings. The summed E-state index contributed by atoms with van der Waals surface area (Å²) < 4.78 is 3.90. The number of pyridine rings is 1. The highest BCUT2D eigenvalue weighted by Crippen LogP contribution is 2.26. The number of aliphatic hydroxyl groups is 1. The lowest BCUT2D eigenvalue weighted by atomic mass is 10.2. The van der Waals surface area contributed by atoms with E-state index in [2.05, 4.69) is 23.2 Å². The summed E-state index contributed by atoms with van der Waals surface area (Å²) in [4.78, 5) is 0. The predicted molar refractivity (Wildman–Crippen MR) is 87.9 cm³/mol. The van der Waals surface area contributed by atoms with Crippen LogP contribution < -0.4 is 0 Å². The molecule has 0 aliphatic heterocycles. The quantitative estimate of drug-likeness (QED) is 0.704. The molecule has 0 unspecified atom stereocenters. The van der Waals surface area contributed by atoms with E-state index in [9.17, 15) is 10.4 Å². The second kappa shape index (κ2) is 6.86. The lowest BCUT2D eigenvalue weighted by molar-refractivity contribution is 0.263. The number of aromatic nitrogens is 4. The topological polar surface area (TPSA) is 79.1 Å². The van der Waals surface area contributed by atoms with E-state index in [0.29, 0.717) is 17.1 Å². The van der Waals surface area contributed by atoms with Gasteiger partial charge in [-0.3, -0.25) is 0 Å². The summed E-state index contributed by atoms with van der Waals surface area (Å²) in [5.41, 5.74) is 2.58. The monoisotopic (exact) mass is 327 g/mol. The van der Waals surface area contributed by atoms with Crippen LogP contribution in [-0.2, 0) is 18.9 Å².